The summed E-state index contributed by atoms with van der Waals surface area (Å²) in [4.78, 5) is 0. The van der Waals surface area contributed by atoms with E-state index in [4.69, 9.17) is 4.74 Å². The normalized spacial score (nSPS) is 15.7. The molecule has 1 saturated heterocycles. The standard InChI is InChI=1S/C20H22F3NO2/c1-14-2-4-16(5-3-14)17-6-7-18(26-20(21,22)23)19(12-17)25-13-15-8-10-24-11-9-15/h2-7,12,15,24H,8-11,13H2,1H3. The van der Waals surface area contributed by atoms with Gasteiger partial charge in [0.25, 0.3) is 0 Å². The summed E-state index contributed by atoms with van der Waals surface area (Å²) in [5, 5.41) is 3.26. The van der Waals surface area contributed by atoms with Gasteiger partial charge in [-0.25, -0.2) is 0 Å². The molecule has 0 spiro atoms. The van der Waals surface area contributed by atoms with Gasteiger partial charge >= 0.3 is 6.36 Å². The molecule has 0 atom stereocenters. The Kier molecular flexibility index (Phi) is 5.71. The van der Waals surface area contributed by atoms with Gasteiger partial charge < -0.3 is 14.8 Å². The summed E-state index contributed by atoms with van der Waals surface area (Å²) in [7, 11) is 0. The molecule has 1 aliphatic heterocycles. The van der Waals surface area contributed by atoms with Crippen molar-refractivity contribution in [3.8, 4) is 22.6 Å². The highest BCUT2D eigenvalue weighted by Gasteiger charge is 2.32. The number of rotatable bonds is 5. The first-order valence-corrected chi connectivity index (χ1v) is 8.71. The summed E-state index contributed by atoms with van der Waals surface area (Å²) in [6, 6.07) is 12.4. The molecule has 2 aromatic carbocycles. The van der Waals surface area contributed by atoms with E-state index >= 15 is 0 Å². The van der Waals surface area contributed by atoms with Gasteiger partial charge in [-0.3, -0.25) is 0 Å². The number of piperidine rings is 1. The van der Waals surface area contributed by atoms with Crippen LogP contribution in [0.25, 0.3) is 11.1 Å². The highest BCUT2D eigenvalue weighted by molar-refractivity contribution is 5.67. The lowest BCUT2D eigenvalue weighted by molar-refractivity contribution is -0.275. The summed E-state index contributed by atoms with van der Waals surface area (Å²) in [6.07, 6.45) is -2.85. The van der Waals surface area contributed by atoms with Crippen molar-refractivity contribution in [1.29, 1.82) is 0 Å². The van der Waals surface area contributed by atoms with Crippen LogP contribution in [-0.4, -0.2) is 26.1 Å². The van der Waals surface area contributed by atoms with Crippen LogP contribution in [0, 0.1) is 12.8 Å². The topological polar surface area (TPSA) is 30.5 Å². The predicted octanol–water partition coefficient (Wildman–Crippen LogP) is 4.94. The molecule has 0 unspecified atom stereocenters. The molecule has 1 fully saturated rings. The van der Waals surface area contributed by atoms with Crippen LogP contribution in [0.2, 0.25) is 0 Å². The van der Waals surface area contributed by atoms with Gasteiger partial charge in [-0.05, 0) is 62.0 Å². The fourth-order valence-electron chi connectivity index (χ4n) is 3.01. The number of benzene rings is 2. The minimum absolute atomic E-state index is 0.124. The first kappa shape index (κ1) is 18.6. The van der Waals surface area contributed by atoms with Crippen molar-refractivity contribution in [2.45, 2.75) is 26.1 Å². The second kappa shape index (κ2) is 7.99. The highest BCUT2D eigenvalue weighted by atomic mass is 19.4. The van der Waals surface area contributed by atoms with Crippen molar-refractivity contribution >= 4 is 0 Å². The van der Waals surface area contributed by atoms with Crippen molar-refractivity contribution < 1.29 is 22.6 Å². The van der Waals surface area contributed by atoms with Crippen LogP contribution in [0.4, 0.5) is 13.2 Å². The Morgan fingerprint density at radius 2 is 1.62 bits per heavy atom. The minimum Gasteiger partial charge on any atom is -0.489 e. The molecule has 0 amide bonds. The van der Waals surface area contributed by atoms with Crippen molar-refractivity contribution in [2.75, 3.05) is 19.7 Å². The average molecular weight is 365 g/mol. The van der Waals surface area contributed by atoms with Gasteiger partial charge in [-0.2, -0.15) is 0 Å². The summed E-state index contributed by atoms with van der Waals surface area (Å²) in [5.41, 5.74) is 2.83. The molecular weight excluding hydrogens is 343 g/mol. The van der Waals surface area contributed by atoms with Gasteiger partial charge in [0, 0.05) is 0 Å². The maximum Gasteiger partial charge on any atom is 0.573 e. The van der Waals surface area contributed by atoms with Crippen LogP contribution >= 0.6 is 0 Å². The molecule has 140 valence electrons. The number of ether oxygens (including phenoxy) is 2. The fraction of sp³-hybridized carbons (Fsp3) is 0.400. The van der Waals surface area contributed by atoms with Gasteiger partial charge in [0.1, 0.15) is 0 Å². The summed E-state index contributed by atoms with van der Waals surface area (Å²) in [6.45, 7) is 4.18. The third-order valence-electron chi connectivity index (χ3n) is 4.49. The minimum atomic E-state index is -4.75. The third-order valence-corrected chi connectivity index (χ3v) is 4.49. The van der Waals surface area contributed by atoms with Gasteiger partial charge in [0.2, 0.25) is 0 Å². The number of halogens is 3. The second-order valence-electron chi connectivity index (χ2n) is 6.58. The molecule has 2 aromatic rings. The maximum atomic E-state index is 12.7. The maximum absolute atomic E-state index is 12.7. The van der Waals surface area contributed by atoms with Gasteiger partial charge in [-0.15, -0.1) is 13.2 Å². The smallest absolute Gasteiger partial charge is 0.489 e. The van der Waals surface area contributed by atoms with Crippen LogP contribution in [0.3, 0.4) is 0 Å². The highest BCUT2D eigenvalue weighted by Crippen LogP contribution is 2.36. The second-order valence-corrected chi connectivity index (χ2v) is 6.58. The van der Waals surface area contributed by atoms with Crippen molar-refractivity contribution in [3.05, 3.63) is 48.0 Å². The van der Waals surface area contributed by atoms with E-state index in [0.29, 0.717) is 12.5 Å². The Labute approximate surface area is 151 Å². The Morgan fingerprint density at radius 1 is 0.962 bits per heavy atom. The zero-order valence-electron chi connectivity index (χ0n) is 14.6. The van der Waals surface area contributed by atoms with Crippen LogP contribution in [-0.2, 0) is 0 Å². The predicted molar refractivity (Wildman–Crippen MR) is 94.4 cm³/mol. The quantitative estimate of drug-likeness (QED) is 0.814. The lowest BCUT2D eigenvalue weighted by Gasteiger charge is -2.23. The van der Waals surface area contributed by atoms with Gasteiger partial charge in [-0.1, -0.05) is 35.9 Å². The molecule has 3 rings (SSSR count). The number of nitrogens with one attached hydrogen (secondary N) is 1. The Bertz CT molecular complexity index is 723. The molecule has 6 heteroatoms. The van der Waals surface area contributed by atoms with Crippen LogP contribution in [0.1, 0.15) is 18.4 Å². The van der Waals surface area contributed by atoms with E-state index < -0.39 is 6.36 Å². The SMILES string of the molecule is Cc1ccc(-c2ccc(OC(F)(F)F)c(OCC3CCNCC3)c2)cc1. The Morgan fingerprint density at radius 3 is 2.27 bits per heavy atom. The van der Waals surface area contributed by atoms with E-state index in [1.165, 1.54) is 6.07 Å². The molecule has 0 aliphatic carbocycles. The van der Waals surface area contributed by atoms with Crippen LogP contribution in [0.5, 0.6) is 11.5 Å². The first-order chi connectivity index (χ1) is 12.4. The van der Waals surface area contributed by atoms with Crippen molar-refractivity contribution in [1.82, 2.24) is 5.32 Å². The third kappa shape index (κ3) is 5.14. The molecule has 1 N–H and O–H groups in total. The molecule has 0 bridgehead atoms. The van der Waals surface area contributed by atoms with Crippen molar-refractivity contribution in [3.63, 3.8) is 0 Å². The lowest BCUT2D eigenvalue weighted by Crippen LogP contribution is -2.30. The van der Waals surface area contributed by atoms with E-state index in [1.54, 1.807) is 12.1 Å². The fourth-order valence-corrected chi connectivity index (χ4v) is 3.01. The molecule has 0 aromatic heterocycles. The monoisotopic (exact) mass is 365 g/mol. The summed E-state index contributed by atoms with van der Waals surface area (Å²) in [5.74, 6) is 0.152. The molecule has 0 saturated carbocycles. The van der Waals surface area contributed by atoms with E-state index in [-0.39, 0.29) is 11.5 Å². The van der Waals surface area contributed by atoms with Crippen LogP contribution < -0.4 is 14.8 Å². The molecule has 3 nitrogen and oxygen atoms in total. The first-order valence-electron chi connectivity index (χ1n) is 8.71. The number of alkyl halides is 3. The van der Waals surface area contributed by atoms with Crippen LogP contribution in [0.15, 0.2) is 42.5 Å². The largest absolute Gasteiger partial charge is 0.573 e. The number of hydrogen-bond donors (Lipinski definition) is 1. The van der Waals surface area contributed by atoms with E-state index in [0.717, 1.165) is 42.6 Å². The van der Waals surface area contributed by atoms with E-state index in [2.05, 4.69) is 10.1 Å². The molecule has 1 heterocycles. The molecular formula is C20H22F3NO2. The zero-order valence-corrected chi connectivity index (χ0v) is 14.6. The number of aryl methyl sites for hydroxylation is 1. The molecule has 26 heavy (non-hydrogen) atoms. The van der Waals surface area contributed by atoms with Gasteiger partial charge in [0.05, 0.1) is 6.61 Å². The lowest BCUT2D eigenvalue weighted by atomic mass is 9.99. The number of hydrogen-bond acceptors (Lipinski definition) is 3. The van der Waals surface area contributed by atoms with Gasteiger partial charge in [0.15, 0.2) is 11.5 Å². The Balaban J connectivity index is 1.83. The zero-order chi connectivity index (χ0) is 18.6. The Hall–Kier alpha value is -2.21. The van der Waals surface area contributed by atoms with E-state index in [1.807, 2.05) is 31.2 Å². The molecule has 1 aliphatic rings. The summed E-state index contributed by atoms with van der Waals surface area (Å²) >= 11 is 0. The summed E-state index contributed by atoms with van der Waals surface area (Å²) < 4.78 is 48.0. The average Bonchev–Trinajstić information content (AvgIpc) is 2.61. The molecule has 0 radical (unpaired) electrons. The van der Waals surface area contributed by atoms with Crippen molar-refractivity contribution in [2.24, 2.45) is 5.92 Å². The van der Waals surface area contributed by atoms with E-state index in [9.17, 15) is 13.2 Å².